The van der Waals surface area contributed by atoms with Crippen LogP contribution in [0.2, 0.25) is 5.02 Å². The summed E-state index contributed by atoms with van der Waals surface area (Å²) in [6, 6.07) is 16.1. The number of piperidine rings is 1. The molecule has 2 heterocycles. The van der Waals surface area contributed by atoms with Gasteiger partial charge in [0.25, 0.3) is 5.91 Å². The number of esters is 1. The molecule has 1 saturated heterocycles. The van der Waals surface area contributed by atoms with Gasteiger partial charge in [-0.15, -0.1) is 11.3 Å². The van der Waals surface area contributed by atoms with Gasteiger partial charge in [-0.25, -0.2) is 4.79 Å². The Hall–Kier alpha value is -3.16. The minimum atomic E-state index is -0.702. The van der Waals surface area contributed by atoms with E-state index >= 15 is 0 Å². The lowest BCUT2D eigenvalue weighted by Crippen LogP contribution is -2.55. The first-order valence-electron chi connectivity index (χ1n) is 13.1. The van der Waals surface area contributed by atoms with Crippen molar-refractivity contribution in [3.8, 4) is 10.4 Å². The highest BCUT2D eigenvalue weighted by Crippen LogP contribution is 2.42. The summed E-state index contributed by atoms with van der Waals surface area (Å²) in [4.78, 5) is 42.4. The van der Waals surface area contributed by atoms with Crippen LogP contribution in [0.25, 0.3) is 10.4 Å². The summed E-state index contributed by atoms with van der Waals surface area (Å²) in [7, 11) is 1.31. The van der Waals surface area contributed by atoms with Crippen molar-refractivity contribution in [3.63, 3.8) is 0 Å². The Morgan fingerprint density at radius 1 is 1.08 bits per heavy atom. The number of nitrogens with one attached hydrogen (secondary N) is 1. The maximum atomic E-state index is 13.8. The minimum Gasteiger partial charge on any atom is -0.465 e. The Morgan fingerprint density at radius 3 is 2.36 bits per heavy atom. The van der Waals surface area contributed by atoms with E-state index in [1.165, 1.54) is 30.1 Å². The summed E-state index contributed by atoms with van der Waals surface area (Å²) in [6.07, 6.45) is 0.824. The van der Waals surface area contributed by atoms with Gasteiger partial charge in [0, 0.05) is 28.6 Å². The molecule has 4 rings (SSSR count). The van der Waals surface area contributed by atoms with Crippen LogP contribution in [-0.4, -0.2) is 48.9 Å². The Bertz CT molecular complexity index is 1340. The number of likely N-dealkylation sites (tertiary alicyclic amines) is 1. The van der Waals surface area contributed by atoms with Crippen molar-refractivity contribution in [3.05, 3.63) is 81.7 Å². The van der Waals surface area contributed by atoms with Crippen molar-refractivity contribution in [2.24, 2.45) is 11.3 Å². The van der Waals surface area contributed by atoms with Crippen LogP contribution in [0.5, 0.6) is 0 Å². The molecule has 1 fully saturated rings. The van der Waals surface area contributed by atoms with E-state index in [1.54, 1.807) is 12.1 Å². The maximum Gasteiger partial charge on any atom is 0.337 e. The first-order valence-corrected chi connectivity index (χ1v) is 14.4. The van der Waals surface area contributed by atoms with Crippen LogP contribution in [-0.2, 0) is 9.53 Å². The van der Waals surface area contributed by atoms with E-state index in [1.807, 2.05) is 48.4 Å². The highest BCUT2D eigenvalue weighted by molar-refractivity contribution is 7.13. The first-order chi connectivity index (χ1) is 18.5. The van der Waals surface area contributed by atoms with E-state index < -0.39 is 17.9 Å². The lowest BCUT2D eigenvalue weighted by molar-refractivity contribution is -0.137. The van der Waals surface area contributed by atoms with Crippen molar-refractivity contribution < 1.29 is 19.1 Å². The number of hydrogen-bond acceptors (Lipinski definition) is 5. The highest BCUT2D eigenvalue weighted by Gasteiger charge is 2.40. The predicted molar refractivity (Wildman–Crippen MR) is 156 cm³/mol. The second kappa shape index (κ2) is 11.9. The normalized spacial score (nSPS) is 17.5. The number of rotatable bonds is 7. The molecule has 3 aromatic rings. The number of carbonyl (C=O) groups excluding carboxylic acids is 3. The summed E-state index contributed by atoms with van der Waals surface area (Å²) in [5.74, 6) is -0.851. The Labute approximate surface area is 239 Å². The van der Waals surface area contributed by atoms with Gasteiger partial charge in [0.2, 0.25) is 5.91 Å². The fourth-order valence-corrected chi connectivity index (χ4v) is 6.21. The molecular weight excluding hydrogens is 532 g/mol. The average molecular weight is 567 g/mol. The standard InChI is InChI=1S/C31H35ClN2O4S/c1-19(2)27(29(36)34-13-12-25(31(3,4)18-34)20-8-10-24(32)11-9-20)33-28(35)22-15-21(26-7-6-14-39-26)16-23(17-22)30(37)38-5/h6-11,14-17,19,25,27H,12-13,18H2,1-5H3,(H,33,35)/t25?,27-/m1/s1. The van der Waals surface area contributed by atoms with E-state index in [4.69, 9.17) is 16.3 Å². The molecule has 1 aliphatic rings. The van der Waals surface area contributed by atoms with Crippen LogP contribution in [0.3, 0.4) is 0 Å². The predicted octanol–water partition coefficient (Wildman–Crippen LogP) is 6.65. The molecule has 0 spiro atoms. The van der Waals surface area contributed by atoms with Gasteiger partial charge < -0.3 is 15.0 Å². The zero-order valence-corrected chi connectivity index (χ0v) is 24.6. The molecule has 1 N–H and O–H groups in total. The molecular formula is C31H35ClN2O4S. The lowest BCUT2D eigenvalue weighted by Gasteiger charge is -2.45. The van der Waals surface area contributed by atoms with Gasteiger partial charge >= 0.3 is 5.97 Å². The van der Waals surface area contributed by atoms with Crippen molar-refractivity contribution in [2.75, 3.05) is 20.2 Å². The van der Waals surface area contributed by atoms with Crippen LogP contribution in [0, 0.1) is 11.3 Å². The van der Waals surface area contributed by atoms with Crippen LogP contribution in [0.1, 0.15) is 66.3 Å². The number of methoxy groups -OCH3 is 1. The van der Waals surface area contributed by atoms with Crippen molar-refractivity contribution >= 4 is 40.7 Å². The monoisotopic (exact) mass is 566 g/mol. The number of amides is 2. The van der Waals surface area contributed by atoms with Crippen LogP contribution in [0.4, 0.5) is 0 Å². The number of ether oxygens (including phenoxy) is 1. The number of thiophene rings is 1. The van der Waals surface area contributed by atoms with E-state index in [2.05, 4.69) is 31.3 Å². The number of nitrogens with zero attached hydrogens (tertiary/aromatic N) is 1. The van der Waals surface area contributed by atoms with Gasteiger partial charge in [0.15, 0.2) is 0 Å². The summed E-state index contributed by atoms with van der Waals surface area (Å²) in [6.45, 7) is 9.40. The van der Waals surface area contributed by atoms with Crippen molar-refractivity contribution in [1.82, 2.24) is 10.2 Å². The second-order valence-electron chi connectivity index (χ2n) is 11.1. The molecule has 2 atom stereocenters. The van der Waals surface area contributed by atoms with Crippen molar-refractivity contribution in [1.29, 1.82) is 0 Å². The molecule has 8 heteroatoms. The summed E-state index contributed by atoms with van der Waals surface area (Å²) < 4.78 is 4.91. The molecule has 0 radical (unpaired) electrons. The summed E-state index contributed by atoms with van der Waals surface area (Å²) in [5, 5.41) is 5.61. The fourth-order valence-electron chi connectivity index (χ4n) is 5.37. The Balaban J connectivity index is 1.54. The first kappa shape index (κ1) is 28.8. The quantitative estimate of drug-likeness (QED) is 0.325. The van der Waals surface area contributed by atoms with Crippen molar-refractivity contribution in [2.45, 2.75) is 46.1 Å². The van der Waals surface area contributed by atoms with Gasteiger partial charge in [-0.05, 0) is 76.6 Å². The third kappa shape index (κ3) is 6.53. The van der Waals surface area contributed by atoms with Crippen LogP contribution in [0.15, 0.2) is 60.0 Å². The highest BCUT2D eigenvalue weighted by atomic mass is 35.5. The molecule has 0 saturated carbocycles. The molecule has 0 aliphatic carbocycles. The van der Waals surface area contributed by atoms with E-state index in [9.17, 15) is 14.4 Å². The molecule has 1 aliphatic heterocycles. The molecule has 0 bridgehead atoms. The smallest absolute Gasteiger partial charge is 0.337 e. The minimum absolute atomic E-state index is 0.0939. The van der Waals surface area contributed by atoms with E-state index in [-0.39, 0.29) is 22.8 Å². The van der Waals surface area contributed by atoms with Gasteiger partial charge in [-0.2, -0.15) is 0 Å². The molecule has 1 unspecified atom stereocenters. The number of halogens is 1. The van der Waals surface area contributed by atoms with E-state index in [0.717, 1.165) is 16.9 Å². The number of carbonyl (C=O) groups is 3. The number of hydrogen-bond donors (Lipinski definition) is 1. The fraction of sp³-hybridized carbons (Fsp3) is 0.387. The van der Waals surface area contributed by atoms with Crippen LogP contribution >= 0.6 is 22.9 Å². The second-order valence-corrected chi connectivity index (χ2v) is 12.5. The zero-order chi connectivity index (χ0) is 28.3. The molecule has 39 heavy (non-hydrogen) atoms. The third-order valence-corrected chi connectivity index (χ3v) is 8.63. The Morgan fingerprint density at radius 2 is 1.77 bits per heavy atom. The van der Waals surface area contributed by atoms with Gasteiger partial charge in [0.1, 0.15) is 6.04 Å². The van der Waals surface area contributed by atoms with Gasteiger partial charge in [0.05, 0.1) is 12.7 Å². The third-order valence-electron chi connectivity index (χ3n) is 7.45. The molecule has 2 amide bonds. The average Bonchev–Trinajstić information content (AvgIpc) is 3.45. The van der Waals surface area contributed by atoms with Gasteiger partial charge in [-0.3, -0.25) is 9.59 Å². The Kier molecular flexibility index (Phi) is 8.82. The maximum absolute atomic E-state index is 13.8. The molecule has 1 aromatic heterocycles. The zero-order valence-electron chi connectivity index (χ0n) is 23.0. The SMILES string of the molecule is COC(=O)c1cc(C(=O)N[C@@H](C(=O)N2CCC(c3ccc(Cl)cc3)C(C)(C)C2)C(C)C)cc(-c2cccs2)c1. The van der Waals surface area contributed by atoms with E-state index in [0.29, 0.717) is 29.6 Å². The molecule has 206 valence electrons. The molecule has 2 aromatic carbocycles. The largest absolute Gasteiger partial charge is 0.465 e. The number of benzene rings is 2. The summed E-state index contributed by atoms with van der Waals surface area (Å²) in [5.41, 5.74) is 2.40. The van der Waals surface area contributed by atoms with Crippen LogP contribution < -0.4 is 5.32 Å². The van der Waals surface area contributed by atoms with Gasteiger partial charge in [-0.1, -0.05) is 57.5 Å². The topological polar surface area (TPSA) is 75.7 Å². The lowest BCUT2D eigenvalue weighted by atomic mass is 9.70. The summed E-state index contributed by atoms with van der Waals surface area (Å²) >= 11 is 7.61. The molecule has 6 nitrogen and oxygen atoms in total.